The van der Waals surface area contributed by atoms with Gasteiger partial charge in [0.05, 0.1) is 7.11 Å². The first-order valence-corrected chi connectivity index (χ1v) is 6.25. The maximum atomic E-state index is 11.3. The standard InChI is InChI=1S/C11H17BrO2/c1-14-11(13)10(8-12)7-9-5-3-2-4-6-9/h7,9H,2-6,8H2,1H3/b10-7+. The van der Waals surface area contributed by atoms with Crippen LogP contribution in [0.4, 0.5) is 0 Å². The molecule has 1 aliphatic rings. The van der Waals surface area contributed by atoms with Crippen molar-refractivity contribution in [2.45, 2.75) is 32.1 Å². The van der Waals surface area contributed by atoms with E-state index in [0.29, 0.717) is 11.2 Å². The number of carbonyl (C=O) groups excluding carboxylic acids is 1. The van der Waals surface area contributed by atoms with Crippen LogP contribution in [0, 0.1) is 5.92 Å². The van der Waals surface area contributed by atoms with Crippen molar-refractivity contribution in [1.29, 1.82) is 0 Å². The van der Waals surface area contributed by atoms with Crippen molar-refractivity contribution >= 4 is 21.9 Å². The van der Waals surface area contributed by atoms with Crippen molar-refractivity contribution < 1.29 is 9.53 Å². The molecule has 0 aromatic rings. The number of rotatable bonds is 3. The van der Waals surface area contributed by atoms with E-state index in [9.17, 15) is 4.79 Å². The van der Waals surface area contributed by atoms with Crippen molar-refractivity contribution in [3.63, 3.8) is 0 Å². The first kappa shape index (κ1) is 11.8. The van der Waals surface area contributed by atoms with Crippen LogP contribution in [0.25, 0.3) is 0 Å². The van der Waals surface area contributed by atoms with Gasteiger partial charge in [0.15, 0.2) is 0 Å². The van der Waals surface area contributed by atoms with Crippen LogP contribution in [0.5, 0.6) is 0 Å². The topological polar surface area (TPSA) is 26.3 Å². The maximum Gasteiger partial charge on any atom is 0.334 e. The highest BCUT2D eigenvalue weighted by Crippen LogP contribution is 2.26. The van der Waals surface area contributed by atoms with Gasteiger partial charge in [0.1, 0.15) is 0 Å². The Labute approximate surface area is 93.8 Å². The first-order valence-electron chi connectivity index (χ1n) is 5.13. The number of methoxy groups -OCH3 is 1. The van der Waals surface area contributed by atoms with Gasteiger partial charge < -0.3 is 4.74 Å². The van der Waals surface area contributed by atoms with Crippen molar-refractivity contribution in [1.82, 2.24) is 0 Å². The summed E-state index contributed by atoms with van der Waals surface area (Å²) in [4.78, 5) is 11.3. The fraction of sp³-hybridized carbons (Fsp3) is 0.727. The summed E-state index contributed by atoms with van der Waals surface area (Å²) in [7, 11) is 1.43. The normalized spacial score (nSPS) is 19.4. The Balaban J connectivity index is 2.56. The summed E-state index contributed by atoms with van der Waals surface area (Å²) in [5.41, 5.74) is 0.763. The van der Waals surface area contributed by atoms with Crippen LogP contribution in [0.2, 0.25) is 0 Å². The largest absolute Gasteiger partial charge is 0.466 e. The smallest absolute Gasteiger partial charge is 0.334 e. The lowest BCUT2D eigenvalue weighted by Crippen LogP contribution is -2.10. The number of allylic oxidation sites excluding steroid dienone is 1. The Hall–Kier alpha value is -0.310. The highest BCUT2D eigenvalue weighted by Gasteiger charge is 2.15. The van der Waals surface area contributed by atoms with E-state index in [0.717, 1.165) is 5.57 Å². The van der Waals surface area contributed by atoms with Gasteiger partial charge in [0.2, 0.25) is 0 Å². The molecule has 0 aliphatic heterocycles. The third-order valence-corrected chi connectivity index (χ3v) is 3.28. The van der Waals surface area contributed by atoms with Crippen molar-refractivity contribution in [2.24, 2.45) is 5.92 Å². The summed E-state index contributed by atoms with van der Waals surface area (Å²) in [6.07, 6.45) is 8.43. The molecule has 0 heterocycles. The molecule has 1 saturated carbocycles. The average molecular weight is 261 g/mol. The van der Waals surface area contributed by atoms with Gasteiger partial charge in [-0.05, 0) is 18.8 Å². The Bertz CT molecular complexity index is 217. The molecule has 0 amide bonds. The highest BCUT2D eigenvalue weighted by molar-refractivity contribution is 9.09. The monoisotopic (exact) mass is 260 g/mol. The minimum atomic E-state index is -0.201. The Morgan fingerprint density at radius 1 is 1.43 bits per heavy atom. The molecule has 0 atom stereocenters. The van der Waals surface area contributed by atoms with Crippen LogP contribution in [0.15, 0.2) is 11.6 Å². The summed E-state index contributed by atoms with van der Waals surface area (Å²) in [6, 6.07) is 0. The molecule has 0 spiro atoms. The van der Waals surface area contributed by atoms with E-state index in [4.69, 9.17) is 4.74 Å². The van der Waals surface area contributed by atoms with Crippen molar-refractivity contribution in [2.75, 3.05) is 12.4 Å². The minimum Gasteiger partial charge on any atom is -0.466 e. The molecule has 0 bridgehead atoms. The fourth-order valence-electron chi connectivity index (χ4n) is 1.88. The van der Waals surface area contributed by atoms with Gasteiger partial charge in [-0.1, -0.05) is 41.3 Å². The summed E-state index contributed by atoms with van der Waals surface area (Å²) >= 11 is 3.31. The van der Waals surface area contributed by atoms with Gasteiger partial charge in [0, 0.05) is 10.9 Å². The quantitative estimate of drug-likeness (QED) is 0.443. The van der Waals surface area contributed by atoms with E-state index >= 15 is 0 Å². The van der Waals surface area contributed by atoms with Crippen molar-refractivity contribution in [3.05, 3.63) is 11.6 Å². The van der Waals surface area contributed by atoms with Crippen LogP contribution < -0.4 is 0 Å². The Kier molecular flexibility index (Phi) is 5.23. The van der Waals surface area contributed by atoms with E-state index in [1.165, 1.54) is 39.2 Å². The second kappa shape index (κ2) is 6.23. The predicted molar refractivity (Wildman–Crippen MR) is 60.5 cm³/mol. The molecule has 1 aliphatic carbocycles. The van der Waals surface area contributed by atoms with Crippen LogP contribution in [0.3, 0.4) is 0 Å². The van der Waals surface area contributed by atoms with Crippen molar-refractivity contribution in [3.8, 4) is 0 Å². The molecule has 0 aromatic carbocycles. The highest BCUT2D eigenvalue weighted by atomic mass is 79.9. The Morgan fingerprint density at radius 2 is 2.07 bits per heavy atom. The summed E-state index contributed by atoms with van der Waals surface area (Å²) in [5, 5.41) is 0.593. The van der Waals surface area contributed by atoms with Crippen LogP contribution in [-0.2, 0) is 9.53 Å². The molecule has 0 unspecified atom stereocenters. The van der Waals surface area contributed by atoms with Gasteiger partial charge in [-0.2, -0.15) is 0 Å². The third kappa shape index (κ3) is 3.45. The molecule has 0 radical (unpaired) electrons. The van der Waals surface area contributed by atoms with Gasteiger partial charge in [-0.3, -0.25) is 0 Å². The number of halogens is 1. The zero-order valence-electron chi connectivity index (χ0n) is 8.59. The fourth-order valence-corrected chi connectivity index (χ4v) is 2.30. The van der Waals surface area contributed by atoms with E-state index in [-0.39, 0.29) is 5.97 Å². The molecule has 3 heteroatoms. The molecule has 0 saturated heterocycles. The molecule has 2 nitrogen and oxygen atoms in total. The molecule has 0 N–H and O–H groups in total. The van der Waals surface area contributed by atoms with Gasteiger partial charge in [0.25, 0.3) is 0 Å². The Morgan fingerprint density at radius 3 is 2.57 bits per heavy atom. The van der Waals surface area contributed by atoms with Crippen LogP contribution >= 0.6 is 15.9 Å². The average Bonchev–Trinajstić information content (AvgIpc) is 2.26. The number of hydrogen-bond acceptors (Lipinski definition) is 2. The number of carbonyl (C=O) groups is 1. The molecule has 1 fully saturated rings. The van der Waals surface area contributed by atoms with E-state index < -0.39 is 0 Å². The van der Waals surface area contributed by atoms with Gasteiger partial charge in [-0.15, -0.1) is 0 Å². The number of hydrogen-bond donors (Lipinski definition) is 0. The lowest BCUT2D eigenvalue weighted by atomic mass is 9.88. The zero-order valence-corrected chi connectivity index (χ0v) is 10.2. The lowest BCUT2D eigenvalue weighted by Gasteiger charge is -2.18. The first-order chi connectivity index (χ1) is 6.77. The van der Waals surface area contributed by atoms with E-state index in [1.807, 2.05) is 0 Å². The van der Waals surface area contributed by atoms with E-state index in [1.54, 1.807) is 0 Å². The van der Waals surface area contributed by atoms with Gasteiger partial charge >= 0.3 is 5.97 Å². The minimum absolute atomic E-state index is 0.201. The lowest BCUT2D eigenvalue weighted by molar-refractivity contribution is -0.136. The molecular weight excluding hydrogens is 244 g/mol. The molecule has 0 aromatic heterocycles. The maximum absolute atomic E-state index is 11.3. The zero-order chi connectivity index (χ0) is 10.4. The summed E-state index contributed by atoms with van der Waals surface area (Å²) in [6.45, 7) is 0. The second-order valence-electron chi connectivity index (χ2n) is 3.72. The second-order valence-corrected chi connectivity index (χ2v) is 4.28. The van der Waals surface area contributed by atoms with Crippen LogP contribution in [-0.4, -0.2) is 18.4 Å². The van der Waals surface area contributed by atoms with Crippen LogP contribution in [0.1, 0.15) is 32.1 Å². The summed E-state index contributed by atoms with van der Waals surface area (Å²) < 4.78 is 4.71. The van der Waals surface area contributed by atoms with Gasteiger partial charge in [-0.25, -0.2) is 4.79 Å². The molecule has 14 heavy (non-hydrogen) atoms. The number of ether oxygens (including phenoxy) is 1. The molecular formula is C11H17BrO2. The SMILES string of the molecule is COC(=O)/C(=C/C1CCCCC1)CBr. The molecule has 80 valence electrons. The number of esters is 1. The predicted octanol–water partition coefficient (Wildman–Crippen LogP) is 3.06. The van der Waals surface area contributed by atoms with E-state index in [2.05, 4.69) is 22.0 Å². The molecule has 1 rings (SSSR count). The number of alkyl halides is 1. The third-order valence-electron chi connectivity index (χ3n) is 2.68. The summed E-state index contributed by atoms with van der Waals surface area (Å²) in [5.74, 6) is 0.378.